The van der Waals surface area contributed by atoms with Gasteiger partial charge in [-0.2, -0.15) is 0 Å². The van der Waals surface area contributed by atoms with Gasteiger partial charge in [0.2, 0.25) is 0 Å². The molecular weight excluding hydrogens is 447 g/mol. The number of hydrogen-bond acceptors (Lipinski definition) is 4. The van der Waals surface area contributed by atoms with Crippen LogP contribution in [0.1, 0.15) is 0 Å². The van der Waals surface area contributed by atoms with Crippen molar-refractivity contribution in [2.75, 3.05) is 14.2 Å². The summed E-state index contributed by atoms with van der Waals surface area (Å²) in [5.41, 5.74) is 5.07. The molecule has 0 unspecified atom stereocenters. The monoisotopic (exact) mass is 468 g/mol. The topological polar surface area (TPSA) is 66.5 Å². The molecule has 0 amide bonds. The summed E-state index contributed by atoms with van der Waals surface area (Å²) in [6.07, 6.45) is 0. The standard InChI is InChI=1S/C28H21FN2O4/c1-34-23-13-11-21(12-14-23)30-26-16-15-24(35-2)17-25(26)27(18-5-9-22(10-6-18)31(32)33)28(30)19-3-7-20(29)8-4-19/h3-17H,1-2H3. The SMILES string of the molecule is COc1ccc(-n2c(-c3ccc(F)cc3)c(-c3ccc([N+](=O)[O-])cc3)c3cc(OC)ccc32)cc1. The predicted molar refractivity (Wildman–Crippen MR) is 134 cm³/mol. The van der Waals surface area contributed by atoms with Crippen LogP contribution < -0.4 is 9.47 Å². The van der Waals surface area contributed by atoms with Crippen molar-refractivity contribution in [3.05, 3.63) is 107 Å². The molecule has 4 aromatic carbocycles. The highest BCUT2D eigenvalue weighted by atomic mass is 19.1. The minimum absolute atomic E-state index is 0.00792. The Morgan fingerprint density at radius 1 is 0.771 bits per heavy atom. The number of methoxy groups -OCH3 is 2. The summed E-state index contributed by atoms with van der Waals surface area (Å²) in [5.74, 6) is 1.07. The molecule has 0 aliphatic heterocycles. The lowest BCUT2D eigenvalue weighted by atomic mass is 9.98. The molecule has 0 fully saturated rings. The molecule has 1 aromatic heterocycles. The lowest BCUT2D eigenvalue weighted by Crippen LogP contribution is -1.98. The maximum atomic E-state index is 13.9. The molecule has 5 aromatic rings. The van der Waals surface area contributed by atoms with Gasteiger partial charge in [0.15, 0.2) is 0 Å². The number of benzene rings is 4. The van der Waals surface area contributed by atoms with E-state index >= 15 is 0 Å². The van der Waals surface area contributed by atoms with Gasteiger partial charge in [0.1, 0.15) is 17.3 Å². The average Bonchev–Trinajstić information content (AvgIpc) is 3.23. The predicted octanol–water partition coefficient (Wildman–Crippen LogP) is 7.03. The smallest absolute Gasteiger partial charge is 0.269 e. The number of non-ortho nitro benzene ring substituents is 1. The zero-order chi connectivity index (χ0) is 24.5. The Morgan fingerprint density at radius 2 is 1.37 bits per heavy atom. The number of nitro groups is 1. The Bertz CT molecular complexity index is 1520. The minimum Gasteiger partial charge on any atom is -0.497 e. The lowest BCUT2D eigenvalue weighted by Gasteiger charge is -2.14. The van der Waals surface area contributed by atoms with E-state index in [9.17, 15) is 14.5 Å². The van der Waals surface area contributed by atoms with Crippen LogP contribution in [0.4, 0.5) is 10.1 Å². The molecule has 0 N–H and O–H groups in total. The fourth-order valence-electron chi connectivity index (χ4n) is 4.32. The van der Waals surface area contributed by atoms with E-state index in [2.05, 4.69) is 4.57 Å². The quantitative estimate of drug-likeness (QED) is 0.198. The molecule has 0 atom stereocenters. The average molecular weight is 468 g/mol. The number of nitro benzene ring substituents is 1. The fourth-order valence-corrected chi connectivity index (χ4v) is 4.32. The Labute approximate surface area is 200 Å². The molecule has 5 rings (SSSR count). The summed E-state index contributed by atoms with van der Waals surface area (Å²) in [6, 6.07) is 26.2. The van der Waals surface area contributed by atoms with E-state index in [1.807, 2.05) is 42.5 Å². The van der Waals surface area contributed by atoms with Gasteiger partial charge in [-0.15, -0.1) is 0 Å². The Morgan fingerprint density at radius 3 is 1.97 bits per heavy atom. The highest BCUT2D eigenvalue weighted by Crippen LogP contribution is 2.44. The summed E-state index contributed by atoms with van der Waals surface area (Å²) in [4.78, 5) is 10.8. The van der Waals surface area contributed by atoms with Crippen molar-refractivity contribution in [2.24, 2.45) is 0 Å². The summed E-state index contributed by atoms with van der Waals surface area (Å²) in [6.45, 7) is 0. The molecule has 0 saturated carbocycles. The molecule has 1 heterocycles. The second kappa shape index (κ2) is 8.95. The Kier molecular flexibility index (Phi) is 5.66. The van der Waals surface area contributed by atoms with Crippen LogP contribution in [0.25, 0.3) is 39.0 Å². The van der Waals surface area contributed by atoms with Crippen molar-refractivity contribution in [3.8, 4) is 39.6 Å². The zero-order valence-corrected chi connectivity index (χ0v) is 19.1. The van der Waals surface area contributed by atoms with E-state index in [4.69, 9.17) is 9.47 Å². The van der Waals surface area contributed by atoms with Crippen LogP contribution in [-0.4, -0.2) is 23.7 Å². The fraction of sp³-hybridized carbons (Fsp3) is 0.0714. The lowest BCUT2D eigenvalue weighted by molar-refractivity contribution is -0.384. The van der Waals surface area contributed by atoms with Crippen molar-refractivity contribution in [1.29, 1.82) is 0 Å². The zero-order valence-electron chi connectivity index (χ0n) is 19.1. The van der Waals surface area contributed by atoms with Crippen LogP contribution in [0.2, 0.25) is 0 Å². The van der Waals surface area contributed by atoms with Crippen LogP contribution >= 0.6 is 0 Å². The summed E-state index contributed by atoms with van der Waals surface area (Å²) >= 11 is 0. The first-order chi connectivity index (χ1) is 17.0. The summed E-state index contributed by atoms with van der Waals surface area (Å²) in [7, 11) is 3.22. The number of rotatable bonds is 6. The molecule has 0 aliphatic carbocycles. The van der Waals surface area contributed by atoms with Gasteiger partial charge in [0.05, 0.1) is 30.4 Å². The van der Waals surface area contributed by atoms with Crippen molar-refractivity contribution in [1.82, 2.24) is 4.57 Å². The number of fused-ring (bicyclic) bond motifs is 1. The largest absolute Gasteiger partial charge is 0.497 e. The number of hydrogen-bond donors (Lipinski definition) is 0. The van der Waals surface area contributed by atoms with E-state index in [0.29, 0.717) is 5.75 Å². The summed E-state index contributed by atoms with van der Waals surface area (Å²) in [5, 5.41) is 12.1. The second-order valence-electron chi connectivity index (χ2n) is 7.95. The number of nitrogens with zero attached hydrogens (tertiary/aromatic N) is 2. The summed E-state index contributed by atoms with van der Waals surface area (Å²) < 4.78 is 26.8. The van der Waals surface area contributed by atoms with Gasteiger partial charge < -0.3 is 14.0 Å². The molecule has 0 spiro atoms. The van der Waals surface area contributed by atoms with Gasteiger partial charge in [0.25, 0.3) is 5.69 Å². The number of halogens is 1. The van der Waals surface area contributed by atoms with Crippen LogP contribution in [0.5, 0.6) is 11.5 Å². The molecule has 0 radical (unpaired) electrons. The molecular formula is C28H21FN2O4. The molecule has 0 bridgehead atoms. The van der Waals surface area contributed by atoms with Gasteiger partial charge in [-0.25, -0.2) is 4.39 Å². The van der Waals surface area contributed by atoms with Crippen LogP contribution in [0.3, 0.4) is 0 Å². The van der Waals surface area contributed by atoms with Crippen molar-refractivity contribution in [2.45, 2.75) is 0 Å². The molecule has 0 aliphatic rings. The molecule has 7 heteroatoms. The van der Waals surface area contributed by atoms with Gasteiger partial charge >= 0.3 is 0 Å². The molecule has 174 valence electrons. The third kappa shape index (κ3) is 3.97. The number of aromatic nitrogens is 1. The first-order valence-electron chi connectivity index (χ1n) is 10.9. The number of ether oxygens (including phenoxy) is 2. The van der Waals surface area contributed by atoms with Crippen LogP contribution in [0, 0.1) is 15.9 Å². The van der Waals surface area contributed by atoms with Gasteiger partial charge in [-0.3, -0.25) is 10.1 Å². The van der Waals surface area contributed by atoms with E-state index in [-0.39, 0.29) is 11.5 Å². The maximum Gasteiger partial charge on any atom is 0.269 e. The molecule has 6 nitrogen and oxygen atoms in total. The van der Waals surface area contributed by atoms with Gasteiger partial charge in [-0.1, -0.05) is 0 Å². The van der Waals surface area contributed by atoms with E-state index in [1.54, 1.807) is 38.5 Å². The van der Waals surface area contributed by atoms with E-state index in [0.717, 1.165) is 44.7 Å². The van der Waals surface area contributed by atoms with Gasteiger partial charge in [-0.05, 0) is 90.0 Å². The van der Waals surface area contributed by atoms with E-state index < -0.39 is 4.92 Å². The molecule has 35 heavy (non-hydrogen) atoms. The minimum atomic E-state index is -0.422. The Balaban J connectivity index is 1.89. The van der Waals surface area contributed by atoms with E-state index in [1.165, 1.54) is 24.3 Å². The second-order valence-corrected chi connectivity index (χ2v) is 7.95. The first kappa shape index (κ1) is 22.2. The van der Waals surface area contributed by atoms with Crippen molar-refractivity contribution >= 4 is 16.6 Å². The third-order valence-electron chi connectivity index (χ3n) is 5.99. The van der Waals surface area contributed by atoms with Gasteiger partial charge in [0, 0.05) is 28.8 Å². The van der Waals surface area contributed by atoms with Crippen LogP contribution in [0.15, 0.2) is 91.0 Å². The van der Waals surface area contributed by atoms with Crippen molar-refractivity contribution in [3.63, 3.8) is 0 Å². The Hall–Kier alpha value is -4.65. The normalized spacial score (nSPS) is 10.9. The maximum absolute atomic E-state index is 13.9. The van der Waals surface area contributed by atoms with Crippen molar-refractivity contribution < 1.29 is 18.8 Å². The first-order valence-corrected chi connectivity index (χ1v) is 10.9. The highest BCUT2D eigenvalue weighted by Gasteiger charge is 2.22. The van der Waals surface area contributed by atoms with Crippen LogP contribution in [-0.2, 0) is 0 Å². The molecule has 0 saturated heterocycles. The third-order valence-corrected chi connectivity index (χ3v) is 5.99. The highest BCUT2D eigenvalue weighted by molar-refractivity contribution is 6.06.